The van der Waals surface area contributed by atoms with Crippen molar-refractivity contribution < 1.29 is 0 Å². The van der Waals surface area contributed by atoms with Crippen LogP contribution in [-0.2, 0) is 6.54 Å². The van der Waals surface area contributed by atoms with Crippen LogP contribution in [0.1, 0.15) is 11.4 Å². The van der Waals surface area contributed by atoms with Crippen LogP contribution in [-0.4, -0.2) is 16.2 Å². The Morgan fingerprint density at radius 3 is 2.47 bits per heavy atom. The molecule has 0 atom stereocenters. The largest absolute Gasteiger partial charge is 0.285 e. The van der Waals surface area contributed by atoms with Gasteiger partial charge in [-0.1, -0.05) is 12.1 Å². The van der Waals surface area contributed by atoms with E-state index in [1.165, 1.54) is 0 Å². The lowest BCUT2D eigenvalue weighted by Crippen LogP contribution is -1.88. The predicted octanol–water partition coefficient (Wildman–Crippen LogP) is 2.10. The second-order valence-corrected chi connectivity index (χ2v) is 3.05. The van der Waals surface area contributed by atoms with Crippen LogP contribution in [0.15, 0.2) is 53.8 Å². The van der Waals surface area contributed by atoms with Crippen LogP contribution in [0.4, 0.5) is 0 Å². The molecule has 0 aromatic carbocycles. The second-order valence-electron chi connectivity index (χ2n) is 3.05. The Morgan fingerprint density at radius 1 is 1.00 bits per heavy atom. The van der Waals surface area contributed by atoms with Gasteiger partial charge in [0.2, 0.25) is 0 Å². The molecule has 0 saturated carbocycles. The van der Waals surface area contributed by atoms with Gasteiger partial charge >= 0.3 is 0 Å². The zero-order chi connectivity index (χ0) is 10.3. The summed E-state index contributed by atoms with van der Waals surface area (Å²) >= 11 is 0. The van der Waals surface area contributed by atoms with Crippen molar-refractivity contribution in [1.29, 1.82) is 0 Å². The molecule has 0 aliphatic rings. The number of aromatic nitrogens is 2. The summed E-state index contributed by atoms with van der Waals surface area (Å²) in [5.41, 5.74) is 1.83. The van der Waals surface area contributed by atoms with E-state index in [1.807, 2.05) is 36.4 Å². The average Bonchev–Trinajstić information content (AvgIpc) is 2.32. The van der Waals surface area contributed by atoms with Crippen LogP contribution < -0.4 is 0 Å². The van der Waals surface area contributed by atoms with Gasteiger partial charge in [-0.3, -0.25) is 15.0 Å². The van der Waals surface area contributed by atoms with E-state index in [-0.39, 0.29) is 0 Å². The monoisotopic (exact) mass is 197 g/mol. The molecule has 0 spiro atoms. The minimum Gasteiger partial charge on any atom is -0.285 e. The van der Waals surface area contributed by atoms with Gasteiger partial charge in [0, 0.05) is 18.6 Å². The fraction of sp³-hybridized carbons (Fsp3) is 0.0833. The smallest absolute Gasteiger partial charge is 0.0812 e. The molecule has 0 saturated heterocycles. The number of rotatable bonds is 3. The first-order chi connectivity index (χ1) is 7.45. The quantitative estimate of drug-likeness (QED) is 0.707. The molecule has 0 bridgehead atoms. The van der Waals surface area contributed by atoms with Crippen molar-refractivity contribution in [1.82, 2.24) is 9.97 Å². The Morgan fingerprint density at radius 2 is 1.80 bits per heavy atom. The number of hydrogen-bond donors (Lipinski definition) is 0. The molecular formula is C12H11N3. The highest BCUT2D eigenvalue weighted by Gasteiger charge is 1.89. The highest BCUT2D eigenvalue weighted by molar-refractivity contribution is 5.76. The van der Waals surface area contributed by atoms with Crippen molar-refractivity contribution in [3.63, 3.8) is 0 Å². The summed E-state index contributed by atoms with van der Waals surface area (Å²) in [6.45, 7) is 0.595. The summed E-state index contributed by atoms with van der Waals surface area (Å²) in [7, 11) is 0. The van der Waals surface area contributed by atoms with Crippen LogP contribution in [0.5, 0.6) is 0 Å². The Labute approximate surface area is 88.6 Å². The third-order valence-electron chi connectivity index (χ3n) is 1.89. The molecule has 0 unspecified atom stereocenters. The number of nitrogens with zero attached hydrogens (tertiary/aromatic N) is 3. The summed E-state index contributed by atoms with van der Waals surface area (Å²) in [6, 6.07) is 11.5. The van der Waals surface area contributed by atoms with Crippen molar-refractivity contribution in [3.05, 3.63) is 60.2 Å². The van der Waals surface area contributed by atoms with E-state index in [0.29, 0.717) is 6.54 Å². The van der Waals surface area contributed by atoms with Crippen LogP contribution in [0.2, 0.25) is 0 Å². The van der Waals surface area contributed by atoms with E-state index in [9.17, 15) is 0 Å². The second kappa shape index (κ2) is 5.00. The van der Waals surface area contributed by atoms with Crippen molar-refractivity contribution in [2.45, 2.75) is 6.54 Å². The molecule has 0 fully saturated rings. The fourth-order valence-electron chi connectivity index (χ4n) is 1.18. The lowest BCUT2D eigenvalue weighted by Gasteiger charge is -1.93. The van der Waals surface area contributed by atoms with E-state index in [0.717, 1.165) is 11.4 Å². The molecular weight excluding hydrogens is 186 g/mol. The maximum atomic E-state index is 4.26. The first kappa shape index (κ1) is 9.52. The third-order valence-corrected chi connectivity index (χ3v) is 1.89. The van der Waals surface area contributed by atoms with Crippen LogP contribution in [0, 0.1) is 0 Å². The van der Waals surface area contributed by atoms with Gasteiger partial charge in [0.05, 0.1) is 17.9 Å². The van der Waals surface area contributed by atoms with Gasteiger partial charge in [-0.05, 0) is 24.3 Å². The molecule has 3 heteroatoms. The molecule has 74 valence electrons. The summed E-state index contributed by atoms with van der Waals surface area (Å²) in [6.07, 6.45) is 5.28. The first-order valence-electron chi connectivity index (χ1n) is 4.76. The van der Waals surface area contributed by atoms with Gasteiger partial charge in [0.25, 0.3) is 0 Å². The molecule has 0 aliphatic carbocycles. The molecule has 3 nitrogen and oxygen atoms in total. The molecule has 0 radical (unpaired) electrons. The molecule has 0 amide bonds. The van der Waals surface area contributed by atoms with Crippen LogP contribution in [0.3, 0.4) is 0 Å². The lowest BCUT2D eigenvalue weighted by atomic mass is 10.3. The highest BCUT2D eigenvalue weighted by Crippen LogP contribution is 1.96. The Kier molecular flexibility index (Phi) is 3.18. The first-order valence-corrected chi connectivity index (χ1v) is 4.76. The van der Waals surface area contributed by atoms with Crippen LogP contribution >= 0.6 is 0 Å². The average molecular weight is 197 g/mol. The molecule has 2 aromatic rings. The summed E-state index contributed by atoms with van der Waals surface area (Å²) in [5.74, 6) is 0. The molecule has 2 rings (SSSR count). The van der Waals surface area contributed by atoms with Gasteiger partial charge in [-0.15, -0.1) is 0 Å². The molecule has 15 heavy (non-hydrogen) atoms. The topological polar surface area (TPSA) is 38.1 Å². The van der Waals surface area contributed by atoms with Gasteiger partial charge in [-0.2, -0.15) is 0 Å². The van der Waals surface area contributed by atoms with Crippen molar-refractivity contribution >= 4 is 6.21 Å². The standard InChI is InChI=1S/C12H11N3/c1-3-7-14-11(5-1)9-13-10-12-6-2-4-8-15-12/h1-9H,10H2/b13-9-. The zero-order valence-corrected chi connectivity index (χ0v) is 8.24. The minimum atomic E-state index is 0.595. The van der Waals surface area contributed by atoms with E-state index >= 15 is 0 Å². The highest BCUT2D eigenvalue weighted by atomic mass is 14.8. The molecule has 0 aliphatic heterocycles. The number of aliphatic imine (C=N–C) groups is 1. The van der Waals surface area contributed by atoms with Gasteiger partial charge in [-0.25, -0.2) is 0 Å². The van der Waals surface area contributed by atoms with Crippen molar-refractivity contribution in [3.8, 4) is 0 Å². The number of pyridine rings is 2. The van der Waals surface area contributed by atoms with E-state index in [1.54, 1.807) is 18.6 Å². The fourth-order valence-corrected chi connectivity index (χ4v) is 1.18. The predicted molar refractivity (Wildman–Crippen MR) is 59.8 cm³/mol. The minimum absolute atomic E-state index is 0.595. The molecule has 0 N–H and O–H groups in total. The van der Waals surface area contributed by atoms with Gasteiger partial charge in [0.1, 0.15) is 0 Å². The summed E-state index contributed by atoms with van der Waals surface area (Å²) in [5, 5.41) is 0. The maximum absolute atomic E-state index is 4.26. The lowest BCUT2D eigenvalue weighted by molar-refractivity contribution is 0.994. The Hall–Kier alpha value is -2.03. The Balaban J connectivity index is 1.97. The summed E-state index contributed by atoms with van der Waals surface area (Å²) in [4.78, 5) is 12.6. The van der Waals surface area contributed by atoms with E-state index in [4.69, 9.17) is 0 Å². The van der Waals surface area contributed by atoms with Crippen molar-refractivity contribution in [2.75, 3.05) is 0 Å². The van der Waals surface area contributed by atoms with Gasteiger partial charge in [0.15, 0.2) is 0 Å². The normalized spacial score (nSPS) is 10.7. The molecule has 2 aromatic heterocycles. The summed E-state index contributed by atoms with van der Waals surface area (Å²) < 4.78 is 0. The van der Waals surface area contributed by atoms with Crippen molar-refractivity contribution in [2.24, 2.45) is 4.99 Å². The van der Waals surface area contributed by atoms with Gasteiger partial charge < -0.3 is 0 Å². The number of hydrogen-bond acceptors (Lipinski definition) is 3. The van der Waals surface area contributed by atoms with E-state index in [2.05, 4.69) is 15.0 Å². The third kappa shape index (κ3) is 2.98. The van der Waals surface area contributed by atoms with E-state index < -0.39 is 0 Å². The maximum Gasteiger partial charge on any atom is 0.0812 e. The SMILES string of the molecule is C(=N/Cc1ccccn1)/c1ccccn1. The Bertz CT molecular complexity index is 423. The molecule has 2 heterocycles. The van der Waals surface area contributed by atoms with Crippen LogP contribution in [0.25, 0.3) is 0 Å². The zero-order valence-electron chi connectivity index (χ0n) is 8.24.